The number of hydrogen-bond donors (Lipinski definition) is 1. The van der Waals surface area contributed by atoms with Crippen LogP contribution in [0.3, 0.4) is 0 Å². The topological polar surface area (TPSA) is 15.3 Å². The van der Waals surface area contributed by atoms with Crippen molar-refractivity contribution in [3.05, 3.63) is 65.2 Å². The molecule has 0 aliphatic heterocycles. The molecule has 2 aromatic rings. The van der Waals surface area contributed by atoms with Gasteiger partial charge in [0.05, 0.1) is 0 Å². The van der Waals surface area contributed by atoms with E-state index in [-0.39, 0.29) is 0 Å². The molecule has 1 N–H and O–H groups in total. The first-order chi connectivity index (χ1) is 10.2. The molecular weight excluding hydrogens is 256 g/mol. The molecule has 0 bridgehead atoms. The van der Waals surface area contributed by atoms with Crippen molar-refractivity contribution in [1.29, 1.82) is 0 Å². The van der Waals surface area contributed by atoms with Crippen molar-refractivity contribution in [2.75, 3.05) is 25.0 Å². The Labute approximate surface area is 128 Å². The van der Waals surface area contributed by atoms with Crippen LogP contribution in [0.4, 0.5) is 5.69 Å². The number of likely N-dealkylation sites (N-methyl/N-ethyl adjacent to an activating group) is 1. The van der Waals surface area contributed by atoms with Crippen LogP contribution in [0.1, 0.15) is 23.6 Å². The van der Waals surface area contributed by atoms with Crippen molar-refractivity contribution in [1.82, 2.24) is 5.32 Å². The molecule has 0 saturated carbocycles. The summed E-state index contributed by atoms with van der Waals surface area (Å²) in [5.74, 6) is 0. The van der Waals surface area contributed by atoms with Gasteiger partial charge in [-0.2, -0.15) is 0 Å². The molecule has 21 heavy (non-hydrogen) atoms. The normalized spacial score (nSPS) is 10.6. The van der Waals surface area contributed by atoms with Crippen molar-refractivity contribution in [3.63, 3.8) is 0 Å². The number of nitrogens with zero attached hydrogens (tertiary/aromatic N) is 1. The largest absolute Gasteiger partial charge is 0.370 e. The van der Waals surface area contributed by atoms with Crippen LogP contribution >= 0.6 is 0 Å². The second-order valence-electron chi connectivity index (χ2n) is 5.57. The minimum absolute atomic E-state index is 0.950. The Bertz CT molecular complexity index is 563. The highest BCUT2D eigenvalue weighted by Crippen LogP contribution is 2.19. The van der Waals surface area contributed by atoms with E-state index in [1.165, 1.54) is 22.4 Å². The Morgan fingerprint density at radius 1 is 1.00 bits per heavy atom. The van der Waals surface area contributed by atoms with Crippen LogP contribution in [-0.4, -0.2) is 20.1 Å². The van der Waals surface area contributed by atoms with Crippen molar-refractivity contribution in [2.45, 2.75) is 26.8 Å². The molecule has 0 atom stereocenters. The summed E-state index contributed by atoms with van der Waals surface area (Å²) in [4.78, 5) is 2.32. The summed E-state index contributed by atoms with van der Waals surface area (Å²) in [6.45, 7) is 7.32. The molecule has 0 saturated heterocycles. The van der Waals surface area contributed by atoms with Gasteiger partial charge in [-0.15, -0.1) is 0 Å². The Morgan fingerprint density at radius 2 is 1.76 bits per heavy atom. The van der Waals surface area contributed by atoms with Crippen LogP contribution in [0.25, 0.3) is 0 Å². The van der Waals surface area contributed by atoms with E-state index in [2.05, 4.69) is 79.6 Å². The second kappa shape index (κ2) is 7.84. The van der Waals surface area contributed by atoms with E-state index in [0.29, 0.717) is 0 Å². The zero-order valence-corrected chi connectivity index (χ0v) is 13.4. The highest BCUT2D eigenvalue weighted by Gasteiger charge is 2.06. The van der Waals surface area contributed by atoms with Gasteiger partial charge in [0.15, 0.2) is 0 Å². The Morgan fingerprint density at radius 3 is 2.48 bits per heavy atom. The molecule has 0 amide bonds. The van der Waals surface area contributed by atoms with E-state index in [4.69, 9.17) is 0 Å². The third-order valence-electron chi connectivity index (χ3n) is 3.79. The number of hydrogen-bond acceptors (Lipinski definition) is 2. The van der Waals surface area contributed by atoms with Crippen molar-refractivity contribution in [3.8, 4) is 0 Å². The maximum atomic E-state index is 3.40. The van der Waals surface area contributed by atoms with Crippen LogP contribution in [0, 0.1) is 6.92 Å². The molecule has 2 rings (SSSR count). The number of nitrogens with one attached hydrogen (secondary N) is 1. The van der Waals surface area contributed by atoms with Crippen LogP contribution < -0.4 is 10.2 Å². The van der Waals surface area contributed by atoms with Gasteiger partial charge in [-0.1, -0.05) is 43.3 Å². The lowest BCUT2D eigenvalue weighted by atomic mass is 10.0. The molecule has 2 aromatic carbocycles. The lowest BCUT2D eigenvalue weighted by Gasteiger charge is -2.21. The summed E-state index contributed by atoms with van der Waals surface area (Å²) in [6.07, 6.45) is 1.09. The smallest absolute Gasteiger partial charge is 0.0428 e. The van der Waals surface area contributed by atoms with Gasteiger partial charge in [0, 0.05) is 19.3 Å². The number of benzene rings is 2. The molecule has 0 spiro atoms. The Balaban J connectivity index is 2.08. The van der Waals surface area contributed by atoms with Crippen LogP contribution in [0.2, 0.25) is 0 Å². The summed E-state index contributed by atoms with van der Waals surface area (Å²) in [6, 6.07) is 17.4. The zero-order valence-electron chi connectivity index (χ0n) is 13.4. The first kappa shape index (κ1) is 15.6. The zero-order chi connectivity index (χ0) is 15.1. The van der Waals surface area contributed by atoms with Gasteiger partial charge in [0.1, 0.15) is 0 Å². The molecule has 2 nitrogen and oxygen atoms in total. The van der Waals surface area contributed by atoms with Gasteiger partial charge in [-0.05, 0) is 55.3 Å². The van der Waals surface area contributed by atoms with Crippen molar-refractivity contribution in [2.24, 2.45) is 0 Å². The van der Waals surface area contributed by atoms with Crippen molar-refractivity contribution >= 4 is 5.69 Å². The van der Waals surface area contributed by atoms with Gasteiger partial charge in [-0.25, -0.2) is 0 Å². The highest BCUT2D eigenvalue weighted by atomic mass is 15.1. The van der Waals surface area contributed by atoms with E-state index >= 15 is 0 Å². The fourth-order valence-electron chi connectivity index (χ4n) is 2.57. The van der Waals surface area contributed by atoms with E-state index in [0.717, 1.165) is 26.1 Å². The predicted octanol–water partition coefficient (Wildman–Crippen LogP) is 3.78. The standard InChI is InChI=1S/C19H26N2/c1-4-20-13-12-17-9-5-6-10-18(17)15-21(3)19-11-7-8-16(2)14-19/h5-11,14,20H,4,12-13,15H2,1-3H3. The average Bonchev–Trinajstić information content (AvgIpc) is 2.49. The van der Waals surface area contributed by atoms with Gasteiger partial charge in [0.2, 0.25) is 0 Å². The molecule has 0 radical (unpaired) electrons. The third-order valence-corrected chi connectivity index (χ3v) is 3.79. The highest BCUT2D eigenvalue weighted by molar-refractivity contribution is 5.48. The van der Waals surface area contributed by atoms with Crippen LogP contribution in [0.15, 0.2) is 48.5 Å². The number of anilines is 1. The van der Waals surface area contributed by atoms with Gasteiger partial charge >= 0.3 is 0 Å². The number of aryl methyl sites for hydroxylation is 1. The molecular formula is C19H26N2. The lowest BCUT2D eigenvalue weighted by molar-refractivity contribution is 0.712. The molecule has 112 valence electrons. The van der Waals surface area contributed by atoms with E-state index < -0.39 is 0 Å². The Kier molecular flexibility index (Phi) is 5.82. The summed E-state index contributed by atoms with van der Waals surface area (Å²) in [5.41, 5.74) is 5.44. The monoisotopic (exact) mass is 282 g/mol. The van der Waals surface area contributed by atoms with Crippen LogP contribution in [0.5, 0.6) is 0 Å². The summed E-state index contributed by atoms with van der Waals surface area (Å²) < 4.78 is 0. The molecule has 0 aromatic heterocycles. The second-order valence-corrected chi connectivity index (χ2v) is 5.57. The third kappa shape index (κ3) is 4.61. The maximum absolute atomic E-state index is 3.40. The molecule has 0 aliphatic carbocycles. The predicted molar refractivity (Wildman–Crippen MR) is 92.0 cm³/mol. The van der Waals surface area contributed by atoms with E-state index in [1.807, 2.05) is 0 Å². The SMILES string of the molecule is CCNCCc1ccccc1CN(C)c1cccc(C)c1. The fraction of sp³-hybridized carbons (Fsp3) is 0.368. The minimum Gasteiger partial charge on any atom is -0.370 e. The minimum atomic E-state index is 0.950. The molecule has 0 fully saturated rings. The average molecular weight is 282 g/mol. The summed E-state index contributed by atoms with van der Waals surface area (Å²) in [7, 11) is 2.16. The van der Waals surface area contributed by atoms with E-state index in [1.54, 1.807) is 0 Å². The quantitative estimate of drug-likeness (QED) is 0.777. The Hall–Kier alpha value is -1.80. The maximum Gasteiger partial charge on any atom is 0.0428 e. The van der Waals surface area contributed by atoms with Gasteiger partial charge in [-0.3, -0.25) is 0 Å². The first-order valence-corrected chi connectivity index (χ1v) is 7.76. The molecule has 0 heterocycles. The van der Waals surface area contributed by atoms with Gasteiger partial charge < -0.3 is 10.2 Å². The first-order valence-electron chi connectivity index (χ1n) is 7.76. The van der Waals surface area contributed by atoms with E-state index in [9.17, 15) is 0 Å². The fourth-order valence-corrected chi connectivity index (χ4v) is 2.57. The molecule has 0 aliphatic rings. The molecule has 0 unspecified atom stereocenters. The van der Waals surface area contributed by atoms with Crippen molar-refractivity contribution < 1.29 is 0 Å². The summed E-state index contributed by atoms with van der Waals surface area (Å²) in [5, 5.41) is 3.40. The molecule has 2 heteroatoms. The summed E-state index contributed by atoms with van der Waals surface area (Å²) >= 11 is 0. The van der Waals surface area contributed by atoms with Crippen LogP contribution in [-0.2, 0) is 13.0 Å². The van der Waals surface area contributed by atoms with Gasteiger partial charge in [0.25, 0.3) is 0 Å². The lowest BCUT2D eigenvalue weighted by Crippen LogP contribution is -2.20. The number of rotatable bonds is 7.